The van der Waals surface area contributed by atoms with Crippen molar-refractivity contribution < 1.29 is 14.3 Å². The summed E-state index contributed by atoms with van der Waals surface area (Å²) in [5, 5.41) is 8.92. The van der Waals surface area contributed by atoms with Crippen LogP contribution in [-0.4, -0.2) is 33.2 Å². The molecule has 0 bridgehead atoms. The van der Waals surface area contributed by atoms with Crippen LogP contribution in [0.3, 0.4) is 0 Å². The summed E-state index contributed by atoms with van der Waals surface area (Å²) < 4.78 is 8.43. The van der Waals surface area contributed by atoms with E-state index in [-0.39, 0.29) is 17.3 Å². The van der Waals surface area contributed by atoms with E-state index in [4.69, 9.17) is 4.74 Å². The third-order valence-corrected chi connectivity index (χ3v) is 2.74. The zero-order valence-electron chi connectivity index (χ0n) is 10.5. The smallest absolute Gasteiger partial charge is 0.362 e. The predicted octanol–water partition coefficient (Wildman–Crippen LogP) is 1.75. The normalized spacial score (nSPS) is 9.85. The van der Waals surface area contributed by atoms with E-state index < -0.39 is 12.0 Å². The van der Waals surface area contributed by atoms with Gasteiger partial charge in [-0.2, -0.15) is 0 Å². The van der Waals surface area contributed by atoms with Gasteiger partial charge in [-0.25, -0.2) is 9.59 Å². The first kappa shape index (κ1) is 13.9. The number of amides is 2. The SMILES string of the molecule is CCOC(=O)c1nnsc1NC(=O)Nc1cccnc1. The number of hydrogen-bond acceptors (Lipinski definition) is 7. The highest BCUT2D eigenvalue weighted by Crippen LogP contribution is 2.18. The Morgan fingerprint density at radius 1 is 1.40 bits per heavy atom. The van der Waals surface area contributed by atoms with Crippen LogP contribution in [0.4, 0.5) is 15.5 Å². The van der Waals surface area contributed by atoms with Crippen molar-refractivity contribution in [3.8, 4) is 0 Å². The van der Waals surface area contributed by atoms with Gasteiger partial charge in [0.15, 0.2) is 5.00 Å². The number of ether oxygens (including phenoxy) is 1. The molecule has 2 heterocycles. The lowest BCUT2D eigenvalue weighted by Gasteiger charge is -2.05. The monoisotopic (exact) mass is 293 g/mol. The summed E-state index contributed by atoms with van der Waals surface area (Å²) in [6.45, 7) is 1.90. The Balaban J connectivity index is 2.02. The number of hydrogen-bond donors (Lipinski definition) is 2. The molecule has 0 aliphatic rings. The molecule has 0 saturated heterocycles. The van der Waals surface area contributed by atoms with Gasteiger partial charge in [-0.05, 0) is 19.1 Å². The van der Waals surface area contributed by atoms with Crippen molar-refractivity contribution >= 4 is 34.2 Å². The molecule has 9 heteroatoms. The summed E-state index contributed by atoms with van der Waals surface area (Å²) >= 11 is 0.893. The van der Waals surface area contributed by atoms with Gasteiger partial charge in [0, 0.05) is 17.7 Å². The van der Waals surface area contributed by atoms with Gasteiger partial charge in [-0.15, -0.1) is 5.10 Å². The predicted molar refractivity (Wildman–Crippen MR) is 72.7 cm³/mol. The molecule has 0 aliphatic carbocycles. The van der Waals surface area contributed by atoms with Gasteiger partial charge in [0.1, 0.15) is 0 Å². The Labute approximate surface area is 118 Å². The molecule has 2 aromatic heterocycles. The van der Waals surface area contributed by atoms with Crippen LogP contribution < -0.4 is 10.6 Å². The minimum absolute atomic E-state index is 0.0156. The molecular formula is C11H11N5O3S. The number of nitrogens with one attached hydrogen (secondary N) is 2. The zero-order chi connectivity index (χ0) is 14.4. The van der Waals surface area contributed by atoms with Crippen molar-refractivity contribution in [3.05, 3.63) is 30.2 Å². The van der Waals surface area contributed by atoms with Crippen molar-refractivity contribution in [2.75, 3.05) is 17.2 Å². The lowest BCUT2D eigenvalue weighted by atomic mass is 10.4. The lowest BCUT2D eigenvalue weighted by molar-refractivity contribution is 0.0520. The van der Waals surface area contributed by atoms with E-state index >= 15 is 0 Å². The number of aromatic nitrogens is 3. The molecule has 2 aromatic rings. The van der Waals surface area contributed by atoms with Crippen LogP contribution in [0, 0.1) is 0 Å². The third kappa shape index (κ3) is 3.48. The first-order valence-electron chi connectivity index (χ1n) is 5.68. The maximum absolute atomic E-state index is 11.8. The number of esters is 1. The molecule has 0 atom stereocenters. The fourth-order valence-electron chi connectivity index (χ4n) is 1.31. The summed E-state index contributed by atoms with van der Waals surface area (Å²) in [4.78, 5) is 27.2. The van der Waals surface area contributed by atoms with E-state index in [1.807, 2.05) is 0 Å². The molecule has 2 amide bonds. The average molecular weight is 293 g/mol. The van der Waals surface area contributed by atoms with E-state index in [2.05, 4.69) is 25.2 Å². The molecule has 2 rings (SSSR count). The number of carbonyl (C=O) groups is 2. The molecule has 0 radical (unpaired) electrons. The maximum atomic E-state index is 11.8. The number of anilines is 2. The van der Waals surface area contributed by atoms with Crippen molar-refractivity contribution in [2.45, 2.75) is 6.92 Å². The highest BCUT2D eigenvalue weighted by atomic mass is 32.1. The van der Waals surface area contributed by atoms with Crippen LogP contribution in [0.25, 0.3) is 0 Å². The van der Waals surface area contributed by atoms with Gasteiger partial charge >= 0.3 is 12.0 Å². The molecule has 0 unspecified atom stereocenters. The molecule has 104 valence electrons. The van der Waals surface area contributed by atoms with Gasteiger partial charge < -0.3 is 10.1 Å². The highest BCUT2D eigenvalue weighted by molar-refractivity contribution is 7.10. The summed E-state index contributed by atoms with van der Waals surface area (Å²) in [7, 11) is 0. The van der Waals surface area contributed by atoms with E-state index in [0.29, 0.717) is 5.69 Å². The lowest BCUT2D eigenvalue weighted by Crippen LogP contribution is -2.20. The fourth-order valence-corrected chi connectivity index (χ4v) is 1.86. The van der Waals surface area contributed by atoms with E-state index in [0.717, 1.165) is 11.5 Å². The van der Waals surface area contributed by atoms with E-state index in [9.17, 15) is 9.59 Å². The molecule has 2 N–H and O–H groups in total. The van der Waals surface area contributed by atoms with Gasteiger partial charge in [0.05, 0.1) is 18.5 Å². The number of rotatable bonds is 4. The van der Waals surface area contributed by atoms with Crippen LogP contribution >= 0.6 is 11.5 Å². The standard InChI is InChI=1S/C11H11N5O3S/c1-2-19-10(17)8-9(20-16-15-8)14-11(18)13-7-4-3-5-12-6-7/h3-6H,2H2,1H3,(H2,13,14,18). The Morgan fingerprint density at radius 2 is 2.25 bits per heavy atom. The number of carbonyl (C=O) groups excluding carboxylic acids is 2. The average Bonchev–Trinajstić information content (AvgIpc) is 2.88. The Morgan fingerprint density at radius 3 is 2.95 bits per heavy atom. The molecule has 8 nitrogen and oxygen atoms in total. The second-order valence-electron chi connectivity index (χ2n) is 3.49. The van der Waals surface area contributed by atoms with E-state index in [1.165, 1.54) is 6.20 Å². The summed E-state index contributed by atoms with van der Waals surface area (Å²) in [6, 6.07) is 2.85. The molecule has 0 fully saturated rings. The van der Waals surface area contributed by atoms with Gasteiger partial charge in [-0.3, -0.25) is 10.3 Å². The minimum atomic E-state index is -0.627. The number of urea groups is 1. The number of pyridine rings is 1. The maximum Gasteiger partial charge on any atom is 0.362 e. The number of nitrogens with zero attached hydrogens (tertiary/aromatic N) is 3. The first-order chi connectivity index (χ1) is 9.70. The fraction of sp³-hybridized carbons (Fsp3) is 0.182. The van der Waals surface area contributed by atoms with Crippen molar-refractivity contribution in [1.29, 1.82) is 0 Å². The topological polar surface area (TPSA) is 106 Å². The van der Waals surface area contributed by atoms with E-state index in [1.54, 1.807) is 25.3 Å². The van der Waals surface area contributed by atoms with Gasteiger partial charge in [0.2, 0.25) is 5.69 Å². The summed E-state index contributed by atoms with van der Waals surface area (Å²) in [5.41, 5.74) is 0.512. The first-order valence-corrected chi connectivity index (χ1v) is 6.45. The highest BCUT2D eigenvalue weighted by Gasteiger charge is 2.19. The van der Waals surface area contributed by atoms with Crippen molar-refractivity contribution in [1.82, 2.24) is 14.6 Å². The molecule has 0 saturated carbocycles. The molecular weight excluding hydrogens is 282 g/mol. The van der Waals surface area contributed by atoms with Crippen LogP contribution in [-0.2, 0) is 4.74 Å². The van der Waals surface area contributed by atoms with Crippen LogP contribution in [0.1, 0.15) is 17.4 Å². The largest absolute Gasteiger partial charge is 0.461 e. The second-order valence-corrected chi connectivity index (χ2v) is 4.25. The quantitative estimate of drug-likeness (QED) is 0.832. The van der Waals surface area contributed by atoms with Gasteiger partial charge in [0.25, 0.3) is 0 Å². The van der Waals surface area contributed by atoms with Gasteiger partial charge in [-0.1, -0.05) is 4.49 Å². The summed E-state index contributed by atoms with van der Waals surface area (Å²) in [6.07, 6.45) is 3.09. The molecule has 0 spiro atoms. The minimum Gasteiger partial charge on any atom is -0.461 e. The summed E-state index contributed by atoms with van der Waals surface area (Å²) in [5.74, 6) is -0.627. The molecule has 20 heavy (non-hydrogen) atoms. The Hall–Kier alpha value is -2.55. The molecule has 0 aromatic carbocycles. The van der Waals surface area contributed by atoms with Crippen LogP contribution in [0.5, 0.6) is 0 Å². The Kier molecular flexibility index (Phi) is 4.56. The third-order valence-electron chi connectivity index (χ3n) is 2.10. The second kappa shape index (κ2) is 6.57. The molecule has 0 aliphatic heterocycles. The van der Waals surface area contributed by atoms with Crippen molar-refractivity contribution in [3.63, 3.8) is 0 Å². The van der Waals surface area contributed by atoms with Crippen molar-refractivity contribution in [2.24, 2.45) is 0 Å². The van der Waals surface area contributed by atoms with Crippen LogP contribution in [0.15, 0.2) is 24.5 Å². The Bertz CT molecular complexity index is 601. The van der Waals surface area contributed by atoms with Crippen LogP contribution in [0.2, 0.25) is 0 Å². The zero-order valence-corrected chi connectivity index (χ0v) is 11.3.